The van der Waals surface area contributed by atoms with Crippen LogP contribution in [-0.2, 0) is 20.9 Å². The lowest BCUT2D eigenvalue weighted by molar-refractivity contribution is -0.154. The van der Waals surface area contributed by atoms with Gasteiger partial charge in [0.1, 0.15) is 30.5 Å². The molecule has 0 spiro atoms. The Morgan fingerprint density at radius 3 is 2.57 bits per heavy atom. The molecule has 1 aromatic rings. The fourth-order valence-electron chi connectivity index (χ4n) is 4.42. The predicted molar refractivity (Wildman–Crippen MR) is 132 cm³/mol. The van der Waals surface area contributed by atoms with E-state index in [-0.39, 0.29) is 30.6 Å². The molecule has 196 valence electrons. The maximum absolute atomic E-state index is 13.2. The van der Waals surface area contributed by atoms with Gasteiger partial charge in [-0.3, -0.25) is 9.59 Å². The first-order valence-corrected chi connectivity index (χ1v) is 12.4. The highest BCUT2D eigenvalue weighted by atomic mass is 16.5. The van der Waals surface area contributed by atoms with Gasteiger partial charge in [0.15, 0.2) is 0 Å². The number of Topliss-reactive ketones (excluding diaryl/α,β-unsaturated/α-hetero) is 1. The molecule has 0 aliphatic carbocycles. The quantitative estimate of drug-likeness (QED) is 0.428. The summed E-state index contributed by atoms with van der Waals surface area (Å²) in [4.78, 5) is 30.1. The van der Waals surface area contributed by atoms with Gasteiger partial charge in [0.25, 0.3) is 0 Å². The lowest BCUT2D eigenvalue weighted by atomic mass is 9.73. The third-order valence-corrected chi connectivity index (χ3v) is 7.11. The number of allylic oxidation sites excluding steroid dienone is 1. The minimum absolute atomic E-state index is 0.0724. The molecule has 3 N–H and O–H groups in total. The Bertz CT molecular complexity index is 930. The summed E-state index contributed by atoms with van der Waals surface area (Å²) in [5, 5.41) is 30.7. The number of cyclic esters (lactones) is 1. The van der Waals surface area contributed by atoms with Gasteiger partial charge in [0.2, 0.25) is 5.89 Å². The molecule has 1 aliphatic heterocycles. The predicted octanol–water partition coefficient (Wildman–Crippen LogP) is 3.98. The molecule has 2 rings (SSSR count). The zero-order valence-corrected chi connectivity index (χ0v) is 21.8. The number of aliphatic hydroxyl groups is 3. The second-order valence-electron chi connectivity index (χ2n) is 10.4. The average Bonchev–Trinajstić information content (AvgIpc) is 3.26. The van der Waals surface area contributed by atoms with Crippen LogP contribution in [0.4, 0.5) is 0 Å². The normalized spacial score (nSPS) is 31.5. The van der Waals surface area contributed by atoms with Crippen molar-refractivity contribution in [3.8, 4) is 0 Å². The van der Waals surface area contributed by atoms with Gasteiger partial charge in [-0.1, -0.05) is 39.3 Å². The van der Waals surface area contributed by atoms with Crippen LogP contribution in [0.1, 0.15) is 85.2 Å². The molecule has 8 heteroatoms. The summed E-state index contributed by atoms with van der Waals surface area (Å²) in [5.41, 5.74) is 1.15. The van der Waals surface area contributed by atoms with E-state index in [1.54, 1.807) is 26.8 Å². The van der Waals surface area contributed by atoms with E-state index in [9.17, 15) is 24.9 Å². The zero-order valence-electron chi connectivity index (χ0n) is 21.8. The molecule has 0 unspecified atom stereocenters. The third-order valence-electron chi connectivity index (χ3n) is 7.11. The van der Waals surface area contributed by atoms with Crippen LogP contribution < -0.4 is 0 Å². The highest BCUT2D eigenvalue weighted by molar-refractivity contribution is 5.88. The van der Waals surface area contributed by atoms with Crippen molar-refractivity contribution in [2.75, 3.05) is 0 Å². The number of hydrogen-bond donors (Lipinski definition) is 3. The Morgan fingerprint density at radius 1 is 1.26 bits per heavy atom. The maximum atomic E-state index is 13.2. The van der Waals surface area contributed by atoms with E-state index < -0.39 is 35.6 Å². The molecule has 2 heterocycles. The van der Waals surface area contributed by atoms with Crippen LogP contribution in [0.2, 0.25) is 0 Å². The Balaban J connectivity index is 2.33. The maximum Gasteiger partial charge on any atom is 0.309 e. The summed E-state index contributed by atoms with van der Waals surface area (Å²) in [6.07, 6.45) is 5.07. The number of aliphatic hydroxyl groups excluding tert-OH is 3. The number of carbonyl (C=O) groups excluding carboxylic acids is 2. The van der Waals surface area contributed by atoms with E-state index in [2.05, 4.69) is 4.98 Å². The number of oxazole rings is 1. The number of ether oxygens (including phenoxy) is 1. The lowest BCUT2D eigenvalue weighted by Gasteiger charge is -2.34. The molecular formula is C27H41NO7. The van der Waals surface area contributed by atoms with Gasteiger partial charge in [-0.2, -0.15) is 0 Å². The minimum atomic E-state index is -1.26. The van der Waals surface area contributed by atoms with Crippen molar-refractivity contribution in [1.29, 1.82) is 0 Å². The van der Waals surface area contributed by atoms with Gasteiger partial charge in [-0.25, -0.2) is 4.98 Å². The SMILES string of the molecule is C/C1=C/C[C@@H](/C(C)=C/c2coc(CO)n2)OC(=O)C[C@H](O)C(C)(C)C(=O)[C@H](C)[C@@H](O)[C@@H](C)CCC1. The van der Waals surface area contributed by atoms with Gasteiger partial charge < -0.3 is 24.5 Å². The van der Waals surface area contributed by atoms with Crippen LogP contribution in [0.3, 0.4) is 0 Å². The highest BCUT2D eigenvalue weighted by Gasteiger charge is 2.42. The standard InChI is InChI=1S/C27H41NO7/c1-16-8-7-9-17(2)25(32)19(4)26(33)27(5,6)22(30)13-24(31)35-21(11-10-16)18(3)12-20-15-34-23(14-29)28-20/h10,12,15,17,19,21-22,25,29-30,32H,7-9,11,13-14H2,1-6H3/b16-10-,18-12+/t17-,19+,21-,22-,25-/m0/s1. The summed E-state index contributed by atoms with van der Waals surface area (Å²) < 4.78 is 10.9. The number of nitrogens with zero attached hydrogens (tertiary/aromatic N) is 1. The molecule has 0 bridgehead atoms. The van der Waals surface area contributed by atoms with Gasteiger partial charge >= 0.3 is 5.97 Å². The number of rotatable bonds is 3. The van der Waals surface area contributed by atoms with Gasteiger partial charge in [0, 0.05) is 12.3 Å². The molecular weight excluding hydrogens is 450 g/mol. The number of ketones is 1. The summed E-state index contributed by atoms with van der Waals surface area (Å²) in [6.45, 7) is 10.3. The summed E-state index contributed by atoms with van der Waals surface area (Å²) in [6, 6.07) is 0. The highest BCUT2D eigenvalue weighted by Crippen LogP contribution is 2.32. The van der Waals surface area contributed by atoms with Crippen LogP contribution in [0.5, 0.6) is 0 Å². The van der Waals surface area contributed by atoms with E-state index >= 15 is 0 Å². The van der Waals surface area contributed by atoms with E-state index in [1.807, 2.05) is 26.8 Å². The molecule has 1 aliphatic rings. The van der Waals surface area contributed by atoms with Crippen molar-refractivity contribution in [3.63, 3.8) is 0 Å². The van der Waals surface area contributed by atoms with Crippen molar-refractivity contribution in [2.45, 2.75) is 98.6 Å². The van der Waals surface area contributed by atoms with Crippen LogP contribution in [-0.4, -0.2) is 50.4 Å². The molecule has 1 aromatic heterocycles. The summed E-state index contributed by atoms with van der Waals surface area (Å²) >= 11 is 0. The van der Waals surface area contributed by atoms with Crippen LogP contribution in [0.15, 0.2) is 27.9 Å². The van der Waals surface area contributed by atoms with E-state index in [0.29, 0.717) is 12.1 Å². The number of esters is 1. The first-order valence-electron chi connectivity index (χ1n) is 12.4. The molecule has 0 radical (unpaired) electrons. The van der Waals surface area contributed by atoms with E-state index in [1.165, 1.54) is 6.26 Å². The Labute approximate surface area is 208 Å². The van der Waals surface area contributed by atoms with Gasteiger partial charge in [-0.15, -0.1) is 0 Å². The summed E-state index contributed by atoms with van der Waals surface area (Å²) in [5.74, 6) is -1.44. The second-order valence-corrected chi connectivity index (χ2v) is 10.4. The largest absolute Gasteiger partial charge is 0.457 e. The van der Waals surface area contributed by atoms with Crippen LogP contribution in [0.25, 0.3) is 6.08 Å². The number of hydrogen-bond acceptors (Lipinski definition) is 8. The molecule has 0 fully saturated rings. The Morgan fingerprint density at radius 2 is 1.94 bits per heavy atom. The van der Waals surface area contributed by atoms with Gasteiger partial charge in [-0.05, 0) is 50.7 Å². The lowest BCUT2D eigenvalue weighted by Crippen LogP contribution is -2.45. The molecule has 0 amide bonds. The molecule has 35 heavy (non-hydrogen) atoms. The van der Waals surface area contributed by atoms with Crippen molar-refractivity contribution in [3.05, 3.63) is 35.1 Å². The second kappa shape index (κ2) is 12.6. The molecule has 0 saturated carbocycles. The van der Waals surface area contributed by atoms with Crippen molar-refractivity contribution in [1.82, 2.24) is 4.98 Å². The Hall–Kier alpha value is -2.29. The number of carbonyl (C=O) groups is 2. The Kier molecular flexibility index (Phi) is 10.4. The van der Waals surface area contributed by atoms with E-state index in [0.717, 1.165) is 30.4 Å². The van der Waals surface area contributed by atoms with Crippen molar-refractivity contribution >= 4 is 17.8 Å². The average molecular weight is 492 g/mol. The monoisotopic (exact) mass is 491 g/mol. The van der Waals surface area contributed by atoms with E-state index in [4.69, 9.17) is 9.15 Å². The van der Waals surface area contributed by atoms with Gasteiger partial charge in [0.05, 0.1) is 24.0 Å². The van der Waals surface area contributed by atoms with Crippen LogP contribution >= 0.6 is 0 Å². The zero-order chi connectivity index (χ0) is 26.3. The van der Waals surface area contributed by atoms with Crippen molar-refractivity contribution in [2.24, 2.45) is 17.3 Å². The molecule has 5 atom stereocenters. The smallest absolute Gasteiger partial charge is 0.309 e. The molecule has 0 aromatic carbocycles. The topological polar surface area (TPSA) is 130 Å². The number of aromatic nitrogens is 1. The first kappa shape index (κ1) is 28.9. The summed E-state index contributed by atoms with van der Waals surface area (Å²) in [7, 11) is 0. The minimum Gasteiger partial charge on any atom is -0.457 e. The third kappa shape index (κ3) is 7.85. The fourth-order valence-corrected chi connectivity index (χ4v) is 4.42. The first-order chi connectivity index (χ1) is 16.4. The molecule has 0 saturated heterocycles. The van der Waals surface area contributed by atoms with Crippen LogP contribution in [0, 0.1) is 17.3 Å². The molecule has 8 nitrogen and oxygen atoms in total. The van der Waals surface area contributed by atoms with Crippen molar-refractivity contribution < 1.29 is 34.1 Å². The fraction of sp³-hybridized carbons (Fsp3) is 0.667.